The smallest absolute Gasteiger partial charge is 0.405 e. The van der Waals surface area contributed by atoms with Gasteiger partial charge < -0.3 is 9.64 Å². The van der Waals surface area contributed by atoms with E-state index < -0.39 is 27.5 Å². The number of aromatic nitrogens is 2. The van der Waals surface area contributed by atoms with E-state index in [1.807, 2.05) is 0 Å². The summed E-state index contributed by atoms with van der Waals surface area (Å²) in [4.78, 5) is 22.4. The minimum atomic E-state index is -4.95. The Bertz CT molecular complexity index is 1580. The van der Waals surface area contributed by atoms with Crippen molar-refractivity contribution in [1.29, 1.82) is 0 Å². The molecule has 2 fully saturated rings. The first-order valence-corrected chi connectivity index (χ1v) is 15.7. The molecule has 2 saturated heterocycles. The minimum absolute atomic E-state index is 0.0290. The van der Waals surface area contributed by atoms with Crippen LogP contribution in [0.5, 0.6) is 5.75 Å². The Labute approximate surface area is 241 Å². The lowest BCUT2D eigenvalue weighted by Crippen LogP contribution is -2.43. The fourth-order valence-corrected chi connectivity index (χ4v) is 7.09. The van der Waals surface area contributed by atoms with Gasteiger partial charge in [0, 0.05) is 23.2 Å². The van der Waals surface area contributed by atoms with Crippen LogP contribution in [0.1, 0.15) is 43.7 Å². The fourth-order valence-electron chi connectivity index (χ4n) is 5.79. The zero-order valence-electron chi connectivity index (χ0n) is 22.7. The third-order valence-corrected chi connectivity index (χ3v) is 9.98. The maximum atomic E-state index is 13.4. The number of alkyl halides is 3. The summed E-state index contributed by atoms with van der Waals surface area (Å²) < 4.78 is 71.0. The van der Waals surface area contributed by atoms with E-state index in [0.717, 1.165) is 49.7 Å². The zero-order valence-corrected chi connectivity index (χ0v) is 24.2. The summed E-state index contributed by atoms with van der Waals surface area (Å²) >= 11 is 6.10. The average Bonchev–Trinajstić information content (AvgIpc) is 3.46. The maximum Gasteiger partial charge on any atom is 0.573 e. The molecule has 0 amide bonds. The van der Waals surface area contributed by atoms with Crippen LogP contribution in [0.4, 0.5) is 13.2 Å². The highest BCUT2D eigenvalue weighted by Gasteiger charge is 2.33. The predicted molar refractivity (Wildman–Crippen MR) is 150 cm³/mol. The molecule has 222 valence electrons. The Kier molecular flexibility index (Phi) is 8.66. The number of nitrogens with zero attached hydrogens (tertiary/aromatic N) is 4. The first-order chi connectivity index (χ1) is 19.4. The molecule has 5 rings (SSSR count). The van der Waals surface area contributed by atoms with Gasteiger partial charge in [-0.25, -0.2) is 13.4 Å². The van der Waals surface area contributed by atoms with Crippen LogP contribution < -0.4 is 10.3 Å². The van der Waals surface area contributed by atoms with Gasteiger partial charge in [-0.2, -0.15) is 0 Å². The molecule has 0 atom stereocenters. The number of likely N-dealkylation sites (tertiary alicyclic amines) is 2. The van der Waals surface area contributed by atoms with Crippen molar-refractivity contribution >= 4 is 32.3 Å². The second-order valence-corrected chi connectivity index (χ2v) is 13.3. The molecule has 2 aliphatic rings. The summed E-state index contributed by atoms with van der Waals surface area (Å²) in [6.45, 7) is 5.28. The number of benzene rings is 2. The number of fused-ring (bicyclic) bond motifs is 1. The summed E-state index contributed by atoms with van der Waals surface area (Å²) in [6.07, 6.45) is 0.640. The number of hydrogen-bond acceptors (Lipinski definition) is 7. The number of rotatable bonds is 8. The largest absolute Gasteiger partial charge is 0.573 e. The molecule has 1 aromatic heterocycles. The Balaban J connectivity index is 1.45. The molecule has 13 heteroatoms. The van der Waals surface area contributed by atoms with E-state index in [9.17, 15) is 26.4 Å². The van der Waals surface area contributed by atoms with Crippen LogP contribution in [0.3, 0.4) is 0 Å². The van der Waals surface area contributed by atoms with E-state index in [1.165, 1.54) is 50.4 Å². The second kappa shape index (κ2) is 11.9. The van der Waals surface area contributed by atoms with Crippen LogP contribution in [0.25, 0.3) is 10.9 Å². The van der Waals surface area contributed by atoms with Crippen LogP contribution in [0, 0.1) is 0 Å². The van der Waals surface area contributed by atoms with Gasteiger partial charge in [0.05, 0.1) is 34.4 Å². The molecule has 41 heavy (non-hydrogen) atoms. The van der Waals surface area contributed by atoms with Crippen molar-refractivity contribution in [3.05, 3.63) is 63.2 Å². The van der Waals surface area contributed by atoms with Gasteiger partial charge in [0.15, 0.2) is 9.84 Å². The molecule has 0 unspecified atom stereocenters. The van der Waals surface area contributed by atoms with Gasteiger partial charge in [-0.3, -0.25) is 14.3 Å². The lowest BCUT2D eigenvalue weighted by atomic mass is 10.0. The SMILES string of the molecule is CCS(=O)(=O)c1ccc(Cl)cc1Cn1cnc2cc(CN3CCC(N4CCCC4)CC3)c(OC(F)(F)F)cc2c1=O. The molecular weight excluding hydrogens is 581 g/mol. The zero-order chi connectivity index (χ0) is 29.4. The number of ether oxygens (including phenoxy) is 1. The second-order valence-electron chi connectivity index (χ2n) is 10.6. The van der Waals surface area contributed by atoms with Gasteiger partial charge in [-0.05, 0) is 87.8 Å². The van der Waals surface area contributed by atoms with Crippen molar-refractivity contribution in [2.45, 2.75) is 63.0 Å². The minimum Gasteiger partial charge on any atom is -0.405 e. The average molecular weight is 613 g/mol. The molecule has 2 aliphatic heterocycles. The summed E-state index contributed by atoms with van der Waals surface area (Å²) in [6, 6.07) is 7.35. The highest BCUT2D eigenvalue weighted by atomic mass is 35.5. The highest BCUT2D eigenvalue weighted by Crippen LogP contribution is 2.32. The predicted octanol–water partition coefficient (Wildman–Crippen LogP) is 4.85. The first-order valence-electron chi connectivity index (χ1n) is 13.7. The molecule has 3 aromatic rings. The first kappa shape index (κ1) is 29.8. The Morgan fingerprint density at radius 3 is 2.39 bits per heavy atom. The summed E-state index contributed by atoms with van der Waals surface area (Å²) in [7, 11) is -3.62. The molecular formula is C28H32ClF3N4O4S. The van der Waals surface area contributed by atoms with E-state index >= 15 is 0 Å². The van der Waals surface area contributed by atoms with Crippen molar-refractivity contribution in [3.63, 3.8) is 0 Å². The number of piperidine rings is 1. The number of halogens is 4. The lowest BCUT2D eigenvalue weighted by Gasteiger charge is -2.36. The van der Waals surface area contributed by atoms with Crippen molar-refractivity contribution < 1.29 is 26.3 Å². The third kappa shape index (κ3) is 6.87. The van der Waals surface area contributed by atoms with Crippen LogP contribution in [0.2, 0.25) is 5.02 Å². The van der Waals surface area contributed by atoms with Crippen LogP contribution >= 0.6 is 11.6 Å². The van der Waals surface area contributed by atoms with Crippen LogP contribution in [0.15, 0.2) is 46.3 Å². The maximum absolute atomic E-state index is 13.4. The normalized spacial score (nSPS) is 17.9. The van der Waals surface area contributed by atoms with Crippen LogP contribution in [-0.4, -0.2) is 72.1 Å². The van der Waals surface area contributed by atoms with Crippen molar-refractivity contribution in [1.82, 2.24) is 19.4 Å². The molecule has 8 nitrogen and oxygen atoms in total. The fraction of sp³-hybridized carbons (Fsp3) is 0.500. The molecule has 0 saturated carbocycles. The van der Waals surface area contributed by atoms with Gasteiger partial charge in [-0.1, -0.05) is 18.5 Å². The molecule has 2 aromatic carbocycles. The molecule has 0 N–H and O–H groups in total. The van der Waals surface area contributed by atoms with E-state index in [1.54, 1.807) is 0 Å². The topological polar surface area (TPSA) is 84.7 Å². The van der Waals surface area contributed by atoms with E-state index in [-0.39, 0.29) is 45.2 Å². The van der Waals surface area contributed by atoms with E-state index in [4.69, 9.17) is 11.6 Å². The summed E-state index contributed by atoms with van der Waals surface area (Å²) in [5.41, 5.74) is 0.184. The molecule has 0 radical (unpaired) electrons. The van der Waals surface area contributed by atoms with Crippen molar-refractivity contribution in [3.8, 4) is 5.75 Å². The number of sulfone groups is 1. The van der Waals surface area contributed by atoms with E-state index in [0.29, 0.717) is 11.6 Å². The number of hydrogen-bond donors (Lipinski definition) is 0. The van der Waals surface area contributed by atoms with Gasteiger partial charge in [0.2, 0.25) is 0 Å². The molecule has 0 spiro atoms. The highest BCUT2D eigenvalue weighted by molar-refractivity contribution is 7.91. The molecule has 3 heterocycles. The summed E-state index contributed by atoms with van der Waals surface area (Å²) in [5, 5.41) is 0.219. The lowest BCUT2D eigenvalue weighted by molar-refractivity contribution is -0.274. The van der Waals surface area contributed by atoms with Gasteiger partial charge in [-0.15, -0.1) is 13.2 Å². The van der Waals surface area contributed by atoms with Crippen molar-refractivity contribution in [2.75, 3.05) is 31.9 Å². The summed E-state index contributed by atoms with van der Waals surface area (Å²) in [5.74, 6) is -0.594. The van der Waals surface area contributed by atoms with Crippen molar-refractivity contribution in [2.24, 2.45) is 0 Å². The molecule has 0 aliphatic carbocycles. The van der Waals surface area contributed by atoms with Gasteiger partial charge in [0.1, 0.15) is 5.75 Å². The third-order valence-electron chi connectivity index (χ3n) is 7.92. The van der Waals surface area contributed by atoms with Crippen LogP contribution in [-0.2, 0) is 22.9 Å². The quantitative estimate of drug-likeness (QED) is 0.360. The Morgan fingerprint density at radius 2 is 1.73 bits per heavy atom. The van der Waals surface area contributed by atoms with E-state index in [2.05, 4.69) is 19.5 Å². The monoisotopic (exact) mass is 612 g/mol. The Morgan fingerprint density at radius 1 is 1.02 bits per heavy atom. The van der Waals surface area contributed by atoms with Gasteiger partial charge >= 0.3 is 6.36 Å². The van der Waals surface area contributed by atoms with Gasteiger partial charge in [0.25, 0.3) is 5.56 Å². The Hall–Kier alpha value is -2.67. The standard InChI is InChI=1S/C28H32ClF3N4O4S/c1-2-41(38,39)26-6-5-21(29)13-20(26)17-36-18-33-24-14-19(25(40-28(30,31)32)15-23(24)27(36)37)16-34-11-7-22(8-12-34)35-9-3-4-10-35/h5-6,13-15,18,22H,2-4,7-12,16-17H2,1H3. The molecule has 0 bridgehead atoms.